The molecule has 130 valence electrons. The van der Waals surface area contributed by atoms with Crippen LogP contribution in [-0.2, 0) is 4.79 Å². The largest absolute Gasteiger partial charge is 0.422 e. The summed E-state index contributed by atoms with van der Waals surface area (Å²) in [5.41, 5.74) is 3.46. The van der Waals surface area contributed by atoms with Crippen molar-refractivity contribution in [3.8, 4) is 0 Å². The third kappa shape index (κ3) is 3.34. The van der Waals surface area contributed by atoms with Crippen LogP contribution in [0.15, 0.2) is 62.8 Å². The van der Waals surface area contributed by atoms with Crippen LogP contribution < -0.4 is 10.2 Å². The second-order valence-electron chi connectivity index (χ2n) is 5.93. The molecule has 0 aliphatic carbocycles. The van der Waals surface area contributed by atoms with Gasteiger partial charge in [-0.2, -0.15) is 9.98 Å². The summed E-state index contributed by atoms with van der Waals surface area (Å²) >= 11 is 1.27. The molecule has 0 radical (unpaired) electrons. The number of thioether (sulfide) groups is 1. The van der Waals surface area contributed by atoms with Crippen molar-refractivity contribution in [2.75, 3.05) is 19.0 Å². The predicted molar refractivity (Wildman–Crippen MR) is 106 cm³/mol. The summed E-state index contributed by atoms with van der Waals surface area (Å²) in [6.45, 7) is 0. The van der Waals surface area contributed by atoms with E-state index in [9.17, 15) is 4.79 Å². The smallest absolute Gasteiger partial charge is 0.325 e. The maximum absolute atomic E-state index is 12.2. The minimum Gasteiger partial charge on any atom is -0.422 e. The fourth-order valence-electron chi connectivity index (χ4n) is 2.50. The summed E-state index contributed by atoms with van der Waals surface area (Å²) in [6.07, 6.45) is 1.84. The highest BCUT2D eigenvalue weighted by molar-refractivity contribution is 8.18. The number of carbonyl (C=O) groups excluding carboxylic acids is 1. The van der Waals surface area contributed by atoms with Crippen molar-refractivity contribution in [1.82, 2.24) is 10.3 Å². The highest BCUT2D eigenvalue weighted by Crippen LogP contribution is 2.29. The van der Waals surface area contributed by atoms with Crippen molar-refractivity contribution < 1.29 is 9.21 Å². The SMILES string of the molecule is CN(C)c1ccc(/C=C2\S/C(=N/c3nc4ccccc4o3)NC2=O)cc1. The van der Waals surface area contributed by atoms with Crippen LogP contribution in [0.3, 0.4) is 0 Å². The average molecular weight is 364 g/mol. The molecule has 7 heteroatoms. The van der Waals surface area contributed by atoms with Gasteiger partial charge in [0.15, 0.2) is 10.8 Å². The Bertz CT molecular complexity index is 1000. The minimum absolute atomic E-state index is 0.179. The number of aliphatic imine (C=N–C) groups is 1. The molecule has 0 atom stereocenters. The summed E-state index contributed by atoms with van der Waals surface area (Å²) in [5.74, 6) is -0.179. The van der Waals surface area contributed by atoms with Crippen LogP contribution in [0.2, 0.25) is 0 Å². The van der Waals surface area contributed by atoms with Crippen molar-refractivity contribution in [2.24, 2.45) is 4.99 Å². The zero-order valence-electron chi connectivity index (χ0n) is 14.3. The van der Waals surface area contributed by atoms with Gasteiger partial charge in [0.1, 0.15) is 5.52 Å². The number of hydrogen-bond donors (Lipinski definition) is 1. The van der Waals surface area contributed by atoms with E-state index in [4.69, 9.17) is 4.42 Å². The van der Waals surface area contributed by atoms with Crippen molar-refractivity contribution >= 4 is 51.7 Å². The lowest BCUT2D eigenvalue weighted by Crippen LogP contribution is -2.19. The van der Waals surface area contributed by atoms with Gasteiger partial charge in [0.2, 0.25) is 0 Å². The number of fused-ring (bicyclic) bond motifs is 1. The number of oxazole rings is 1. The predicted octanol–water partition coefficient (Wildman–Crippen LogP) is 3.79. The molecule has 1 aliphatic rings. The van der Waals surface area contributed by atoms with Crippen LogP contribution >= 0.6 is 11.8 Å². The Labute approximate surface area is 154 Å². The number of amides is 1. The first-order valence-electron chi connectivity index (χ1n) is 8.01. The molecular weight excluding hydrogens is 348 g/mol. The molecule has 1 aromatic heterocycles. The van der Waals surface area contributed by atoms with Crippen molar-refractivity contribution in [2.45, 2.75) is 0 Å². The van der Waals surface area contributed by atoms with E-state index >= 15 is 0 Å². The Kier molecular flexibility index (Phi) is 4.22. The molecule has 4 rings (SSSR count). The normalized spacial score (nSPS) is 17.2. The molecule has 0 spiro atoms. The molecule has 1 aliphatic heterocycles. The molecule has 0 unspecified atom stereocenters. The molecule has 1 saturated heterocycles. The molecule has 2 aromatic carbocycles. The summed E-state index contributed by atoms with van der Waals surface area (Å²) in [6, 6.07) is 15.6. The number of amidine groups is 1. The van der Waals surface area contributed by atoms with Crippen LogP contribution in [0.4, 0.5) is 11.7 Å². The fourth-order valence-corrected chi connectivity index (χ4v) is 3.31. The maximum atomic E-state index is 12.2. The van der Waals surface area contributed by atoms with Crippen molar-refractivity contribution in [3.63, 3.8) is 0 Å². The first kappa shape index (κ1) is 16.4. The van der Waals surface area contributed by atoms with Crippen LogP contribution in [0.25, 0.3) is 17.2 Å². The van der Waals surface area contributed by atoms with Gasteiger partial charge in [-0.25, -0.2) is 0 Å². The van der Waals surface area contributed by atoms with Gasteiger partial charge in [-0.15, -0.1) is 0 Å². The molecule has 1 fully saturated rings. The lowest BCUT2D eigenvalue weighted by Gasteiger charge is -2.11. The monoisotopic (exact) mass is 364 g/mol. The number of hydrogen-bond acceptors (Lipinski definition) is 6. The Morgan fingerprint density at radius 1 is 1.15 bits per heavy atom. The fraction of sp³-hybridized carbons (Fsp3) is 0.105. The summed E-state index contributed by atoms with van der Waals surface area (Å²) in [5, 5.41) is 3.20. The lowest BCUT2D eigenvalue weighted by atomic mass is 10.2. The number of nitrogens with zero attached hydrogens (tertiary/aromatic N) is 3. The Hall–Kier alpha value is -3.06. The highest BCUT2D eigenvalue weighted by Gasteiger charge is 2.24. The summed E-state index contributed by atoms with van der Waals surface area (Å²) in [4.78, 5) is 23.4. The van der Waals surface area contributed by atoms with E-state index in [2.05, 4.69) is 15.3 Å². The van der Waals surface area contributed by atoms with Gasteiger partial charge in [-0.1, -0.05) is 24.3 Å². The molecule has 1 N–H and O–H groups in total. The van der Waals surface area contributed by atoms with E-state index < -0.39 is 0 Å². The Morgan fingerprint density at radius 3 is 2.65 bits per heavy atom. The molecule has 1 amide bonds. The van der Waals surface area contributed by atoms with E-state index in [1.54, 1.807) is 0 Å². The quantitative estimate of drug-likeness (QED) is 0.716. The third-order valence-corrected chi connectivity index (χ3v) is 4.75. The number of rotatable bonds is 3. The van der Waals surface area contributed by atoms with E-state index in [0.29, 0.717) is 15.7 Å². The molecule has 26 heavy (non-hydrogen) atoms. The minimum atomic E-state index is -0.179. The molecule has 2 heterocycles. The standard InChI is InChI=1S/C19H16N4O2S/c1-23(2)13-9-7-12(8-10-13)11-16-17(24)21-19(26-16)22-18-20-14-5-3-4-6-15(14)25-18/h3-11H,1-2H3,(H,20,21,22,24)/b16-11-. The average Bonchev–Trinajstić information content (AvgIpc) is 3.18. The third-order valence-electron chi connectivity index (χ3n) is 3.84. The first-order valence-corrected chi connectivity index (χ1v) is 8.83. The second kappa shape index (κ2) is 6.68. The maximum Gasteiger partial charge on any atom is 0.325 e. The number of para-hydroxylation sites is 2. The van der Waals surface area contributed by atoms with Gasteiger partial charge in [-0.3, -0.25) is 4.79 Å². The van der Waals surface area contributed by atoms with Crippen LogP contribution in [-0.4, -0.2) is 30.2 Å². The zero-order chi connectivity index (χ0) is 18.1. The zero-order valence-corrected chi connectivity index (χ0v) is 15.1. The molecular formula is C19H16N4O2S. The van der Waals surface area contributed by atoms with E-state index in [1.165, 1.54) is 11.8 Å². The molecule has 0 saturated carbocycles. The Morgan fingerprint density at radius 2 is 1.92 bits per heavy atom. The number of anilines is 1. The number of aromatic nitrogens is 1. The summed E-state index contributed by atoms with van der Waals surface area (Å²) in [7, 11) is 3.98. The van der Waals surface area contributed by atoms with E-state index in [0.717, 1.165) is 16.8 Å². The van der Waals surface area contributed by atoms with Crippen LogP contribution in [0, 0.1) is 0 Å². The molecule has 3 aromatic rings. The van der Waals surface area contributed by atoms with Crippen molar-refractivity contribution in [3.05, 3.63) is 59.0 Å². The van der Waals surface area contributed by atoms with Crippen LogP contribution in [0.1, 0.15) is 5.56 Å². The van der Waals surface area contributed by atoms with E-state index in [-0.39, 0.29) is 11.9 Å². The number of carbonyl (C=O) groups is 1. The number of nitrogens with one attached hydrogen (secondary N) is 1. The van der Waals surface area contributed by atoms with Gasteiger partial charge in [0.25, 0.3) is 5.91 Å². The topological polar surface area (TPSA) is 70.7 Å². The molecule has 6 nitrogen and oxygen atoms in total. The van der Waals surface area contributed by atoms with Crippen molar-refractivity contribution in [1.29, 1.82) is 0 Å². The van der Waals surface area contributed by atoms with Crippen LogP contribution in [0.5, 0.6) is 0 Å². The lowest BCUT2D eigenvalue weighted by molar-refractivity contribution is -0.115. The van der Waals surface area contributed by atoms with Gasteiger partial charge < -0.3 is 14.6 Å². The van der Waals surface area contributed by atoms with E-state index in [1.807, 2.05) is 73.6 Å². The first-order chi connectivity index (χ1) is 12.6. The van der Waals surface area contributed by atoms with Gasteiger partial charge in [0.05, 0.1) is 4.91 Å². The number of benzene rings is 2. The Balaban J connectivity index is 1.56. The van der Waals surface area contributed by atoms with Gasteiger partial charge in [-0.05, 0) is 47.7 Å². The summed E-state index contributed by atoms with van der Waals surface area (Å²) < 4.78 is 5.57. The molecule has 0 bridgehead atoms. The highest BCUT2D eigenvalue weighted by atomic mass is 32.2. The van der Waals surface area contributed by atoms with Gasteiger partial charge >= 0.3 is 6.01 Å². The second-order valence-corrected chi connectivity index (χ2v) is 6.96. The van der Waals surface area contributed by atoms with Gasteiger partial charge in [0, 0.05) is 19.8 Å².